The van der Waals surface area contributed by atoms with E-state index in [4.69, 9.17) is 10.5 Å². The molecule has 0 aromatic carbocycles. The molecule has 0 aliphatic carbocycles. The van der Waals surface area contributed by atoms with Crippen LogP contribution in [0.4, 0.5) is 4.79 Å². The summed E-state index contributed by atoms with van der Waals surface area (Å²) in [5.74, 6) is 0. The van der Waals surface area contributed by atoms with Gasteiger partial charge < -0.3 is 20.4 Å². The fourth-order valence-electron chi connectivity index (χ4n) is 1.51. The Labute approximate surface area is 112 Å². The highest BCUT2D eigenvalue weighted by atomic mass is 16.6. The van der Waals surface area contributed by atoms with Crippen molar-refractivity contribution in [3.63, 3.8) is 0 Å². The summed E-state index contributed by atoms with van der Waals surface area (Å²) in [5.41, 5.74) is 5.36. The summed E-state index contributed by atoms with van der Waals surface area (Å²) in [4.78, 5) is 23.3. The van der Waals surface area contributed by atoms with Gasteiger partial charge in [0.1, 0.15) is 5.60 Å². The molecule has 0 saturated carbocycles. The lowest BCUT2D eigenvalue weighted by Crippen LogP contribution is -2.36. The lowest BCUT2D eigenvalue weighted by Gasteiger charge is -2.19. The van der Waals surface area contributed by atoms with Crippen molar-refractivity contribution in [1.29, 1.82) is 0 Å². The Morgan fingerprint density at radius 1 is 1.47 bits per heavy atom. The van der Waals surface area contributed by atoms with Crippen molar-refractivity contribution in [3.8, 4) is 0 Å². The second kappa shape index (κ2) is 6.38. The van der Waals surface area contributed by atoms with Gasteiger partial charge in [-0.25, -0.2) is 4.79 Å². The maximum Gasteiger partial charge on any atom is 0.407 e. The van der Waals surface area contributed by atoms with Gasteiger partial charge in [0.25, 0.3) is 5.56 Å². The van der Waals surface area contributed by atoms with Crippen LogP contribution in [0.2, 0.25) is 0 Å². The Hall–Kier alpha value is -1.82. The van der Waals surface area contributed by atoms with Crippen LogP contribution in [0.1, 0.15) is 26.3 Å². The molecule has 1 rings (SSSR count). The number of nitrogens with one attached hydrogen (secondary N) is 1. The number of nitrogens with two attached hydrogens (primary N) is 1. The number of rotatable bonds is 4. The summed E-state index contributed by atoms with van der Waals surface area (Å²) < 4.78 is 6.61. The summed E-state index contributed by atoms with van der Waals surface area (Å²) in [7, 11) is 0. The second-order valence-corrected chi connectivity index (χ2v) is 5.16. The minimum atomic E-state index is -0.527. The molecule has 1 heterocycles. The molecule has 1 aromatic heterocycles. The molecule has 0 bridgehead atoms. The van der Waals surface area contributed by atoms with E-state index in [1.165, 1.54) is 4.57 Å². The van der Waals surface area contributed by atoms with Crippen LogP contribution in [-0.2, 0) is 17.8 Å². The van der Waals surface area contributed by atoms with E-state index < -0.39 is 11.7 Å². The molecule has 3 N–H and O–H groups in total. The number of carbonyl (C=O) groups excluding carboxylic acids is 1. The van der Waals surface area contributed by atoms with E-state index >= 15 is 0 Å². The number of ether oxygens (including phenoxy) is 1. The van der Waals surface area contributed by atoms with Crippen molar-refractivity contribution in [1.82, 2.24) is 9.88 Å². The Bertz CT molecular complexity index is 489. The summed E-state index contributed by atoms with van der Waals surface area (Å²) in [6.07, 6.45) is 1.17. The Balaban J connectivity index is 2.50. The quantitative estimate of drug-likeness (QED) is 0.846. The van der Waals surface area contributed by atoms with E-state index in [0.29, 0.717) is 18.7 Å². The molecule has 0 fully saturated rings. The predicted octanol–water partition coefficient (Wildman–Crippen LogP) is 0.832. The molecule has 19 heavy (non-hydrogen) atoms. The van der Waals surface area contributed by atoms with E-state index in [-0.39, 0.29) is 12.1 Å². The number of hydrogen-bond donors (Lipinski definition) is 2. The topological polar surface area (TPSA) is 86.3 Å². The van der Waals surface area contributed by atoms with Crippen LogP contribution in [0.25, 0.3) is 0 Å². The van der Waals surface area contributed by atoms with Crippen molar-refractivity contribution < 1.29 is 9.53 Å². The predicted molar refractivity (Wildman–Crippen MR) is 72.8 cm³/mol. The summed E-state index contributed by atoms with van der Waals surface area (Å²) in [5, 5.41) is 2.60. The largest absolute Gasteiger partial charge is 0.444 e. The molecule has 0 radical (unpaired) electrons. The molecule has 0 aliphatic heterocycles. The van der Waals surface area contributed by atoms with E-state index in [9.17, 15) is 9.59 Å². The third-order valence-electron chi connectivity index (χ3n) is 2.34. The summed E-state index contributed by atoms with van der Waals surface area (Å²) in [6, 6.07) is 3.46. The molecule has 0 saturated heterocycles. The normalized spacial score (nSPS) is 11.2. The zero-order valence-electron chi connectivity index (χ0n) is 11.6. The van der Waals surface area contributed by atoms with E-state index in [0.717, 1.165) is 0 Å². The van der Waals surface area contributed by atoms with Crippen LogP contribution in [0.5, 0.6) is 0 Å². The van der Waals surface area contributed by atoms with Crippen LogP contribution in [-0.4, -0.2) is 22.8 Å². The first-order valence-corrected chi connectivity index (χ1v) is 6.19. The third-order valence-corrected chi connectivity index (χ3v) is 2.34. The molecule has 0 aliphatic rings. The molecule has 0 atom stereocenters. The minimum absolute atomic E-state index is 0.129. The van der Waals surface area contributed by atoms with Crippen molar-refractivity contribution in [2.45, 2.75) is 39.5 Å². The smallest absolute Gasteiger partial charge is 0.407 e. The zero-order valence-corrected chi connectivity index (χ0v) is 11.6. The molecule has 106 valence electrons. The second-order valence-electron chi connectivity index (χ2n) is 5.16. The van der Waals surface area contributed by atoms with Gasteiger partial charge in [-0.3, -0.25) is 4.79 Å². The fraction of sp³-hybridized carbons (Fsp3) is 0.538. The van der Waals surface area contributed by atoms with Crippen LogP contribution in [0, 0.1) is 0 Å². The van der Waals surface area contributed by atoms with Crippen LogP contribution in [0.15, 0.2) is 23.1 Å². The first-order valence-electron chi connectivity index (χ1n) is 6.19. The maximum absolute atomic E-state index is 11.8. The molecular weight excluding hydrogens is 246 g/mol. The molecule has 1 amide bonds. The highest BCUT2D eigenvalue weighted by Crippen LogP contribution is 2.06. The van der Waals surface area contributed by atoms with Gasteiger partial charge in [-0.05, 0) is 26.8 Å². The van der Waals surface area contributed by atoms with E-state index in [1.54, 1.807) is 39.1 Å². The number of alkyl carbamates (subject to hydrolysis) is 1. The number of pyridine rings is 1. The van der Waals surface area contributed by atoms with Crippen LogP contribution >= 0.6 is 0 Å². The lowest BCUT2D eigenvalue weighted by atomic mass is 10.2. The number of carbonyl (C=O) groups is 1. The van der Waals surface area contributed by atoms with Gasteiger partial charge in [0.15, 0.2) is 0 Å². The fourth-order valence-corrected chi connectivity index (χ4v) is 1.51. The average molecular weight is 267 g/mol. The Morgan fingerprint density at radius 3 is 2.74 bits per heavy atom. The number of nitrogens with zero attached hydrogens (tertiary/aromatic N) is 1. The van der Waals surface area contributed by atoms with Gasteiger partial charge in [-0.1, -0.05) is 6.07 Å². The van der Waals surface area contributed by atoms with Gasteiger partial charge in [0.05, 0.1) is 0 Å². The average Bonchev–Trinajstić information content (AvgIpc) is 2.29. The van der Waals surface area contributed by atoms with Crippen molar-refractivity contribution in [3.05, 3.63) is 34.2 Å². The lowest BCUT2D eigenvalue weighted by molar-refractivity contribution is 0.0526. The Morgan fingerprint density at radius 2 is 2.16 bits per heavy atom. The van der Waals surface area contributed by atoms with Crippen molar-refractivity contribution in [2.24, 2.45) is 5.73 Å². The summed E-state index contributed by atoms with van der Waals surface area (Å²) in [6.45, 7) is 6.29. The Kier molecular flexibility index (Phi) is 5.11. The number of amides is 1. The van der Waals surface area contributed by atoms with Gasteiger partial charge in [0.2, 0.25) is 0 Å². The van der Waals surface area contributed by atoms with Crippen LogP contribution in [0.3, 0.4) is 0 Å². The molecule has 0 unspecified atom stereocenters. The molecule has 6 heteroatoms. The maximum atomic E-state index is 11.8. The van der Waals surface area contributed by atoms with Gasteiger partial charge >= 0.3 is 6.09 Å². The third kappa shape index (κ3) is 5.13. The highest BCUT2D eigenvalue weighted by molar-refractivity contribution is 5.67. The SMILES string of the molecule is CC(C)(C)OC(=O)NCCn1cccc(CN)c1=O. The molecule has 1 aromatic rings. The highest BCUT2D eigenvalue weighted by Gasteiger charge is 2.15. The van der Waals surface area contributed by atoms with Gasteiger partial charge in [0, 0.05) is 31.4 Å². The van der Waals surface area contributed by atoms with Crippen molar-refractivity contribution in [2.75, 3.05) is 6.54 Å². The van der Waals surface area contributed by atoms with E-state index in [1.807, 2.05) is 0 Å². The standard InChI is InChI=1S/C13H21N3O3/c1-13(2,3)19-12(18)15-6-8-16-7-4-5-10(9-14)11(16)17/h4-5,7H,6,8-9,14H2,1-3H3,(H,15,18). The van der Waals surface area contributed by atoms with Crippen molar-refractivity contribution >= 4 is 6.09 Å². The van der Waals surface area contributed by atoms with E-state index in [2.05, 4.69) is 5.32 Å². The van der Waals surface area contributed by atoms with Gasteiger partial charge in [-0.2, -0.15) is 0 Å². The monoisotopic (exact) mass is 267 g/mol. The van der Waals surface area contributed by atoms with Gasteiger partial charge in [-0.15, -0.1) is 0 Å². The minimum Gasteiger partial charge on any atom is -0.444 e. The first-order chi connectivity index (χ1) is 8.83. The first kappa shape index (κ1) is 15.2. The molecule has 6 nitrogen and oxygen atoms in total. The van der Waals surface area contributed by atoms with Crippen LogP contribution < -0.4 is 16.6 Å². The number of hydrogen-bond acceptors (Lipinski definition) is 4. The summed E-state index contributed by atoms with van der Waals surface area (Å²) >= 11 is 0. The molecule has 0 spiro atoms. The molecular formula is C13H21N3O3. The zero-order chi connectivity index (χ0) is 14.5. The number of aromatic nitrogens is 1.